The highest BCUT2D eigenvalue weighted by Crippen LogP contribution is 2.30. The first-order chi connectivity index (χ1) is 6.27. The van der Waals surface area contributed by atoms with Crippen molar-refractivity contribution in [1.29, 1.82) is 0 Å². The summed E-state index contributed by atoms with van der Waals surface area (Å²) in [7, 11) is 0. The predicted molar refractivity (Wildman–Crippen MR) is 57.7 cm³/mol. The van der Waals surface area contributed by atoms with E-state index in [2.05, 4.69) is 44.2 Å². The number of hydrogen-bond acceptors (Lipinski definition) is 0. The van der Waals surface area contributed by atoms with Gasteiger partial charge in [0.25, 0.3) is 0 Å². The van der Waals surface area contributed by atoms with E-state index in [1.165, 1.54) is 29.5 Å². The number of allylic oxidation sites excluding steroid dienone is 1. The number of fused-ring (bicyclic) bond motifs is 1. The van der Waals surface area contributed by atoms with Gasteiger partial charge < -0.3 is 0 Å². The van der Waals surface area contributed by atoms with Crippen LogP contribution in [-0.4, -0.2) is 0 Å². The van der Waals surface area contributed by atoms with Crippen molar-refractivity contribution >= 4 is 6.08 Å². The first-order valence-corrected chi connectivity index (χ1v) is 5.03. The molecule has 0 radical (unpaired) electrons. The second-order valence-electron chi connectivity index (χ2n) is 4.06. The lowest BCUT2D eigenvalue weighted by molar-refractivity contribution is 0.683. The molecule has 0 heterocycles. The van der Waals surface area contributed by atoms with Gasteiger partial charge in [0.1, 0.15) is 0 Å². The molecule has 0 fully saturated rings. The standard InChI is InChI=1S/C13H16/c1-10-7-8-11(2)13-6-4-3-5-12(13)9-10/h3-6,9,11H,7-8H2,1-2H3. The Kier molecular flexibility index (Phi) is 2.22. The average molecular weight is 172 g/mol. The highest BCUT2D eigenvalue weighted by molar-refractivity contribution is 5.58. The molecule has 0 bridgehead atoms. The summed E-state index contributed by atoms with van der Waals surface area (Å²) < 4.78 is 0. The zero-order valence-electron chi connectivity index (χ0n) is 8.38. The Bertz CT molecular complexity index is 334. The van der Waals surface area contributed by atoms with E-state index < -0.39 is 0 Å². The van der Waals surface area contributed by atoms with E-state index in [9.17, 15) is 0 Å². The molecule has 0 amide bonds. The van der Waals surface area contributed by atoms with Gasteiger partial charge in [-0.2, -0.15) is 0 Å². The van der Waals surface area contributed by atoms with Crippen LogP contribution in [0.2, 0.25) is 0 Å². The summed E-state index contributed by atoms with van der Waals surface area (Å²) in [6.07, 6.45) is 4.87. The molecule has 0 saturated carbocycles. The number of rotatable bonds is 0. The lowest BCUT2D eigenvalue weighted by Gasteiger charge is -2.10. The molecule has 0 aliphatic heterocycles. The lowest BCUT2D eigenvalue weighted by atomic mass is 9.94. The summed E-state index contributed by atoms with van der Waals surface area (Å²) in [5.74, 6) is 0.713. The van der Waals surface area contributed by atoms with E-state index in [0.717, 1.165) is 0 Å². The molecule has 68 valence electrons. The van der Waals surface area contributed by atoms with Gasteiger partial charge in [-0.15, -0.1) is 0 Å². The molecule has 1 aromatic rings. The van der Waals surface area contributed by atoms with E-state index in [1.807, 2.05) is 0 Å². The number of benzene rings is 1. The molecule has 0 aromatic heterocycles. The van der Waals surface area contributed by atoms with Gasteiger partial charge in [-0.3, -0.25) is 0 Å². The van der Waals surface area contributed by atoms with Crippen LogP contribution in [-0.2, 0) is 0 Å². The quantitative estimate of drug-likeness (QED) is 0.555. The van der Waals surface area contributed by atoms with Gasteiger partial charge in [-0.25, -0.2) is 0 Å². The van der Waals surface area contributed by atoms with Crippen LogP contribution in [0, 0.1) is 0 Å². The summed E-state index contributed by atoms with van der Waals surface area (Å²) in [5, 5.41) is 0. The summed E-state index contributed by atoms with van der Waals surface area (Å²) in [6, 6.07) is 8.75. The Labute approximate surface area is 80.3 Å². The minimum absolute atomic E-state index is 0.713. The molecule has 0 saturated heterocycles. The molecule has 0 spiro atoms. The highest BCUT2D eigenvalue weighted by Gasteiger charge is 2.12. The Morgan fingerprint density at radius 1 is 1.23 bits per heavy atom. The van der Waals surface area contributed by atoms with Crippen molar-refractivity contribution in [3.63, 3.8) is 0 Å². The average Bonchev–Trinajstić information content (AvgIpc) is 2.27. The van der Waals surface area contributed by atoms with Crippen LogP contribution < -0.4 is 0 Å². The van der Waals surface area contributed by atoms with Crippen LogP contribution in [0.3, 0.4) is 0 Å². The molecule has 1 aromatic carbocycles. The van der Waals surface area contributed by atoms with Crippen LogP contribution >= 0.6 is 0 Å². The molecule has 2 rings (SSSR count). The van der Waals surface area contributed by atoms with Crippen molar-refractivity contribution in [2.75, 3.05) is 0 Å². The van der Waals surface area contributed by atoms with E-state index in [-0.39, 0.29) is 0 Å². The van der Waals surface area contributed by atoms with Gasteiger partial charge in [-0.05, 0) is 36.8 Å². The van der Waals surface area contributed by atoms with Crippen molar-refractivity contribution in [3.05, 3.63) is 41.0 Å². The fraction of sp³-hybridized carbons (Fsp3) is 0.385. The second kappa shape index (κ2) is 3.37. The first-order valence-electron chi connectivity index (χ1n) is 5.03. The van der Waals surface area contributed by atoms with E-state index in [0.29, 0.717) is 5.92 Å². The maximum absolute atomic E-state index is 2.33. The largest absolute Gasteiger partial charge is 0.0727 e. The zero-order valence-corrected chi connectivity index (χ0v) is 8.38. The van der Waals surface area contributed by atoms with Gasteiger partial charge in [0, 0.05) is 0 Å². The molecule has 1 unspecified atom stereocenters. The molecule has 1 aliphatic carbocycles. The van der Waals surface area contributed by atoms with Crippen LogP contribution in [0.5, 0.6) is 0 Å². The molecule has 13 heavy (non-hydrogen) atoms. The molecular formula is C13H16. The summed E-state index contributed by atoms with van der Waals surface area (Å²) in [5.41, 5.74) is 4.45. The molecule has 1 aliphatic rings. The topological polar surface area (TPSA) is 0 Å². The van der Waals surface area contributed by atoms with E-state index in [4.69, 9.17) is 0 Å². The summed E-state index contributed by atoms with van der Waals surface area (Å²) in [6.45, 7) is 4.56. The second-order valence-corrected chi connectivity index (χ2v) is 4.06. The summed E-state index contributed by atoms with van der Waals surface area (Å²) in [4.78, 5) is 0. The van der Waals surface area contributed by atoms with Gasteiger partial charge in [0.2, 0.25) is 0 Å². The lowest BCUT2D eigenvalue weighted by Crippen LogP contribution is -1.93. The Hall–Kier alpha value is -1.04. The third-order valence-corrected chi connectivity index (χ3v) is 2.90. The van der Waals surface area contributed by atoms with Crippen molar-refractivity contribution in [2.24, 2.45) is 0 Å². The van der Waals surface area contributed by atoms with E-state index >= 15 is 0 Å². The SMILES string of the molecule is CC1=Cc2ccccc2C(C)CC1. The maximum Gasteiger partial charge on any atom is -0.0181 e. The maximum atomic E-state index is 2.33. The third-order valence-electron chi connectivity index (χ3n) is 2.90. The fourth-order valence-corrected chi connectivity index (χ4v) is 2.03. The summed E-state index contributed by atoms with van der Waals surface area (Å²) >= 11 is 0. The number of hydrogen-bond donors (Lipinski definition) is 0. The van der Waals surface area contributed by atoms with Crippen LogP contribution in [0.4, 0.5) is 0 Å². The van der Waals surface area contributed by atoms with Gasteiger partial charge in [0.15, 0.2) is 0 Å². The Balaban J connectivity index is 2.50. The van der Waals surface area contributed by atoms with Gasteiger partial charge in [-0.1, -0.05) is 42.8 Å². The van der Waals surface area contributed by atoms with Crippen LogP contribution in [0.1, 0.15) is 43.7 Å². The van der Waals surface area contributed by atoms with E-state index in [1.54, 1.807) is 0 Å². The smallest absolute Gasteiger partial charge is 0.0181 e. The van der Waals surface area contributed by atoms with Crippen molar-refractivity contribution in [1.82, 2.24) is 0 Å². The monoisotopic (exact) mass is 172 g/mol. The molecular weight excluding hydrogens is 156 g/mol. The third kappa shape index (κ3) is 1.67. The van der Waals surface area contributed by atoms with Gasteiger partial charge >= 0.3 is 0 Å². The minimum Gasteiger partial charge on any atom is -0.0727 e. The molecule has 0 N–H and O–H groups in total. The van der Waals surface area contributed by atoms with Crippen LogP contribution in [0.25, 0.3) is 6.08 Å². The normalized spacial score (nSPS) is 21.7. The minimum atomic E-state index is 0.713. The molecule has 0 nitrogen and oxygen atoms in total. The predicted octanol–water partition coefficient (Wildman–Crippen LogP) is 3.99. The fourth-order valence-electron chi connectivity index (χ4n) is 2.03. The van der Waals surface area contributed by atoms with Crippen molar-refractivity contribution in [3.8, 4) is 0 Å². The molecule has 1 atom stereocenters. The van der Waals surface area contributed by atoms with Gasteiger partial charge in [0.05, 0.1) is 0 Å². The first kappa shape index (κ1) is 8.55. The van der Waals surface area contributed by atoms with Crippen molar-refractivity contribution in [2.45, 2.75) is 32.6 Å². The highest BCUT2D eigenvalue weighted by atomic mass is 14.2. The molecule has 0 heteroatoms. The zero-order chi connectivity index (χ0) is 9.26. The van der Waals surface area contributed by atoms with Crippen molar-refractivity contribution < 1.29 is 0 Å². The Morgan fingerprint density at radius 3 is 2.85 bits per heavy atom. The Morgan fingerprint density at radius 2 is 2.00 bits per heavy atom. The van der Waals surface area contributed by atoms with Crippen LogP contribution in [0.15, 0.2) is 29.8 Å².